The maximum atomic E-state index is 12.6. The molecule has 27 heavy (non-hydrogen) atoms. The molecule has 1 aliphatic carbocycles. The third kappa shape index (κ3) is 3.97. The van der Waals surface area contributed by atoms with Crippen molar-refractivity contribution in [2.24, 2.45) is 0 Å². The molecule has 1 fully saturated rings. The number of rotatable bonds is 4. The average molecular weight is 367 g/mol. The Labute approximate surface area is 158 Å². The first kappa shape index (κ1) is 17.6. The van der Waals surface area contributed by atoms with Crippen molar-refractivity contribution in [2.75, 3.05) is 6.54 Å². The summed E-state index contributed by atoms with van der Waals surface area (Å²) in [5.74, 6) is -0.00788. The van der Waals surface area contributed by atoms with Gasteiger partial charge in [-0.15, -0.1) is 0 Å². The molecule has 0 saturated carbocycles. The molecular formula is C20H25N5O2. The van der Waals surface area contributed by atoms with Crippen LogP contribution in [0.5, 0.6) is 0 Å². The summed E-state index contributed by atoms with van der Waals surface area (Å²) in [4.78, 5) is 26.8. The molecule has 2 unspecified atom stereocenters. The summed E-state index contributed by atoms with van der Waals surface area (Å²) in [6, 6.07) is 7.57. The van der Waals surface area contributed by atoms with E-state index in [0.717, 1.165) is 36.1 Å². The van der Waals surface area contributed by atoms with Crippen LogP contribution in [-0.2, 0) is 24.2 Å². The molecular weight excluding hydrogens is 342 g/mol. The van der Waals surface area contributed by atoms with E-state index in [1.54, 1.807) is 0 Å². The number of aromatic amines is 1. The first-order valence-electron chi connectivity index (χ1n) is 9.51. The molecule has 3 amide bonds. The zero-order valence-electron chi connectivity index (χ0n) is 15.5. The van der Waals surface area contributed by atoms with Gasteiger partial charge in [-0.25, -0.2) is 4.79 Å². The highest BCUT2D eigenvalue weighted by molar-refractivity contribution is 5.88. The van der Waals surface area contributed by atoms with Crippen molar-refractivity contribution in [3.8, 4) is 0 Å². The molecule has 2 heterocycles. The number of hydrogen-bond donors (Lipinski definition) is 3. The van der Waals surface area contributed by atoms with E-state index in [-0.39, 0.29) is 18.0 Å². The zero-order chi connectivity index (χ0) is 18.8. The topological polar surface area (TPSA) is 90.1 Å². The Kier molecular flexibility index (Phi) is 4.83. The number of amides is 3. The van der Waals surface area contributed by atoms with Gasteiger partial charge in [0.2, 0.25) is 5.91 Å². The lowest BCUT2D eigenvalue weighted by Crippen LogP contribution is -2.50. The molecule has 0 radical (unpaired) electrons. The summed E-state index contributed by atoms with van der Waals surface area (Å²) >= 11 is 0. The Morgan fingerprint density at radius 1 is 1.26 bits per heavy atom. The fourth-order valence-corrected chi connectivity index (χ4v) is 3.87. The van der Waals surface area contributed by atoms with Crippen molar-refractivity contribution in [3.05, 3.63) is 52.8 Å². The van der Waals surface area contributed by atoms with Gasteiger partial charge in [0.25, 0.3) is 0 Å². The maximum Gasteiger partial charge on any atom is 0.315 e. The van der Waals surface area contributed by atoms with Crippen LogP contribution in [0.1, 0.15) is 35.2 Å². The lowest BCUT2D eigenvalue weighted by atomic mass is 9.94. The van der Waals surface area contributed by atoms with Crippen LogP contribution in [-0.4, -0.2) is 45.7 Å². The Hall–Kier alpha value is -2.83. The number of benzene rings is 1. The molecule has 1 aromatic carbocycles. The number of hydrogen-bond acceptors (Lipinski definition) is 3. The van der Waals surface area contributed by atoms with Crippen LogP contribution in [0, 0.1) is 6.92 Å². The summed E-state index contributed by atoms with van der Waals surface area (Å²) < 4.78 is 0. The molecule has 142 valence electrons. The average Bonchev–Trinajstić information content (AvgIpc) is 3.25. The second-order valence-corrected chi connectivity index (χ2v) is 7.52. The Morgan fingerprint density at radius 2 is 2.07 bits per heavy atom. The van der Waals surface area contributed by atoms with E-state index < -0.39 is 6.04 Å². The highest BCUT2D eigenvalue weighted by Crippen LogP contribution is 2.19. The molecule has 7 nitrogen and oxygen atoms in total. The van der Waals surface area contributed by atoms with Crippen LogP contribution in [0.25, 0.3) is 0 Å². The minimum Gasteiger partial charge on any atom is -0.336 e. The smallest absolute Gasteiger partial charge is 0.315 e. The quantitative estimate of drug-likeness (QED) is 0.768. The van der Waals surface area contributed by atoms with Crippen molar-refractivity contribution in [3.63, 3.8) is 0 Å². The predicted octanol–water partition coefficient (Wildman–Crippen LogP) is 1.68. The van der Waals surface area contributed by atoms with Gasteiger partial charge < -0.3 is 15.5 Å². The van der Waals surface area contributed by atoms with Crippen molar-refractivity contribution in [1.82, 2.24) is 25.7 Å². The van der Waals surface area contributed by atoms with Gasteiger partial charge in [0.1, 0.15) is 6.04 Å². The number of urea groups is 1. The summed E-state index contributed by atoms with van der Waals surface area (Å²) in [5.41, 5.74) is 4.63. The van der Waals surface area contributed by atoms with Gasteiger partial charge in [-0.2, -0.15) is 5.10 Å². The van der Waals surface area contributed by atoms with Crippen LogP contribution in [0.3, 0.4) is 0 Å². The number of nitrogens with zero attached hydrogens (tertiary/aromatic N) is 2. The molecule has 3 N–H and O–H groups in total. The highest BCUT2D eigenvalue weighted by atomic mass is 16.2. The van der Waals surface area contributed by atoms with Crippen LogP contribution < -0.4 is 10.6 Å². The normalized spacial score (nSPS) is 21.8. The Bertz CT molecular complexity index is 829. The summed E-state index contributed by atoms with van der Waals surface area (Å²) in [5, 5.41) is 12.9. The minimum atomic E-state index is -0.441. The van der Waals surface area contributed by atoms with Crippen LogP contribution >= 0.6 is 0 Å². The standard InChI is InChI=1S/C20H25N5O2/c1-13-2-4-14(5-3-13)12-25-9-8-18(19(25)26)23-20(27)22-16-6-7-17-15(10-16)11-21-24-17/h2-5,11,16,18H,6-10,12H2,1H3,(H,21,24)(H2,22,23,27). The number of likely N-dealkylation sites (tertiary alicyclic amines) is 1. The number of aromatic nitrogens is 2. The van der Waals surface area contributed by atoms with E-state index in [0.29, 0.717) is 19.5 Å². The minimum absolute atomic E-state index is 0.00788. The summed E-state index contributed by atoms with van der Waals surface area (Å²) in [7, 11) is 0. The number of carbonyl (C=O) groups is 2. The first-order chi connectivity index (χ1) is 13.1. The van der Waals surface area contributed by atoms with E-state index in [1.807, 2.05) is 30.2 Å². The highest BCUT2D eigenvalue weighted by Gasteiger charge is 2.33. The molecule has 2 aromatic rings. The molecule has 1 aromatic heterocycles. The van der Waals surface area contributed by atoms with Gasteiger partial charge in [-0.1, -0.05) is 29.8 Å². The van der Waals surface area contributed by atoms with E-state index >= 15 is 0 Å². The van der Waals surface area contributed by atoms with Gasteiger partial charge in [0.05, 0.1) is 6.20 Å². The SMILES string of the molecule is Cc1ccc(CN2CCC(NC(=O)NC3CCc4[nH]ncc4C3)C2=O)cc1. The van der Waals surface area contributed by atoms with Crippen molar-refractivity contribution in [1.29, 1.82) is 0 Å². The molecule has 0 spiro atoms. The fraction of sp³-hybridized carbons (Fsp3) is 0.450. The van der Waals surface area contributed by atoms with Crippen LogP contribution in [0.2, 0.25) is 0 Å². The third-order valence-corrected chi connectivity index (χ3v) is 5.45. The van der Waals surface area contributed by atoms with Crippen LogP contribution in [0.15, 0.2) is 30.5 Å². The molecule has 2 atom stereocenters. The van der Waals surface area contributed by atoms with Gasteiger partial charge in [-0.05, 0) is 43.7 Å². The van der Waals surface area contributed by atoms with Gasteiger partial charge in [0, 0.05) is 24.8 Å². The second kappa shape index (κ2) is 7.42. The Balaban J connectivity index is 1.28. The van der Waals surface area contributed by atoms with Gasteiger partial charge >= 0.3 is 6.03 Å². The van der Waals surface area contributed by atoms with E-state index in [9.17, 15) is 9.59 Å². The van der Waals surface area contributed by atoms with E-state index in [1.165, 1.54) is 5.56 Å². The molecule has 7 heteroatoms. The number of fused-ring (bicyclic) bond motifs is 1. The predicted molar refractivity (Wildman–Crippen MR) is 101 cm³/mol. The molecule has 1 aliphatic heterocycles. The number of carbonyl (C=O) groups excluding carboxylic acids is 2. The maximum absolute atomic E-state index is 12.6. The fourth-order valence-electron chi connectivity index (χ4n) is 3.87. The molecule has 4 rings (SSSR count). The van der Waals surface area contributed by atoms with Crippen molar-refractivity contribution < 1.29 is 9.59 Å². The lowest BCUT2D eigenvalue weighted by molar-refractivity contribution is -0.129. The zero-order valence-corrected chi connectivity index (χ0v) is 15.5. The van der Waals surface area contributed by atoms with Crippen molar-refractivity contribution in [2.45, 2.75) is 51.2 Å². The first-order valence-corrected chi connectivity index (χ1v) is 9.51. The van der Waals surface area contributed by atoms with Gasteiger partial charge in [0.15, 0.2) is 0 Å². The summed E-state index contributed by atoms with van der Waals surface area (Å²) in [6.07, 6.45) is 5.00. The molecule has 1 saturated heterocycles. The van der Waals surface area contributed by atoms with E-state index in [4.69, 9.17) is 0 Å². The third-order valence-electron chi connectivity index (χ3n) is 5.45. The lowest BCUT2D eigenvalue weighted by Gasteiger charge is -2.24. The number of aryl methyl sites for hydroxylation is 2. The van der Waals surface area contributed by atoms with Crippen molar-refractivity contribution >= 4 is 11.9 Å². The van der Waals surface area contributed by atoms with E-state index in [2.05, 4.69) is 33.0 Å². The largest absolute Gasteiger partial charge is 0.336 e. The Morgan fingerprint density at radius 3 is 2.89 bits per heavy atom. The molecule has 2 aliphatic rings. The monoisotopic (exact) mass is 367 g/mol. The van der Waals surface area contributed by atoms with Crippen LogP contribution in [0.4, 0.5) is 4.79 Å². The molecule has 0 bridgehead atoms. The number of nitrogens with one attached hydrogen (secondary N) is 3. The van der Waals surface area contributed by atoms with Gasteiger partial charge in [-0.3, -0.25) is 9.89 Å². The second-order valence-electron chi connectivity index (χ2n) is 7.52. The number of H-pyrrole nitrogens is 1. The summed E-state index contributed by atoms with van der Waals surface area (Å²) in [6.45, 7) is 3.30.